The molecule has 3 heteroatoms. The molecule has 0 saturated carbocycles. The van der Waals surface area contributed by atoms with Gasteiger partial charge in [0.15, 0.2) is 0 Å². The third-order valence-electron chi connectivity index (χ3n) is 3.65. The standard InChI is InChI=1S/C15H19N3/c1-2-4-14(5-3-1)17-10-12-18(13-11-17)15-6-8-16-9-7-15/h2,4-9H,1,3,10-13H2. The molecule has 0 radical (unpaired) electrons. The van der Waals surface area contributed by atoms with Gasteiger partial charge in [0.05, 0.1) is 0 Å². The summed E-state index contributed by atoms with van der Waals surface area (Å²) in [5.41, 5.74) is 2.70. The van der Waals surface area contributed by atoms with E-state index in [4.69, 9.17) is 0 Å². The maximum atomic E-state index is 4.07. The molecule has 1 saturated heterocycles. The summed E-state index contributed by atoms with van der Waals surface area (Å²) in [5.74, 6) is 0. The number of hydrogen-bond acceptors (Lipinski definition) is 3. The molecule has 94 valence electrons. The number of aromatic nitrogens is 1. The highest BCUT2D eigenvalue weighted by Crippen LogP contribution is 2.19. The van der Waals surface area contributed by atoms with Gasteiger partial charge in [0.25, 0.3) is 0 Å². The molecule has 2 aliphatic rings. The van der Waals surface area contributed by atoms with Crippen molar-refractivity contribution >= 4 is 5.69 Å². The molecule has 1 aromatic heterocycles. The predicted octanol–water partition coefficient (Wildman–Crippen LogP) is 2.44. The zero-order chi connectivity index (χ0) is 12.2. The highest BCUT2D eigenvalue weighted by atomic mass is 15.3. The molecule has 3 rings (SSSR count). The van der Waals surface area contributed by atoms with Crippen LogP contribution in [0, 0.1) is 0 Å². The van der Waals surface area contributed by atoms with E-state index in [1.165, 1.54) is 24.2 Å². The summed E-state index contributed by atoms with van der Waals surface area (Å²) in [6, 6.07) is 4.19. The number of hydrogen-bond donors (Lipinski definition) is 0. The normalized spacial score (nSPS) is 19.9. The second-order valence-corrected chi connectivity index (χ2v) is 4.79. The van der Waals surface area contributed by atoms with Gasteiger partial charge in [-0.15, -0.1) is 0 Å². The van der Waals surface area contributed by atoms with Crippen LogP contribution in [0.25, 0.3) is 0 Å². The van der Waals surface area contributed by atoms with E-state index in [0.29, 0.717) is 0 Å². The number of rotatable bonds is 2. The molecule has 18 heavy (non-hydrogen) atoms. The van der Waals surface area contributed by atoms with Crippen LogP contribution in [0.4, 0.5) is 5.69 Å². The van der Waals surface area contributed by atoms with Crippen LogP contribution in [0.15, 0.2) is 48.5 Å². The van der Waals surface area contributed by atoms with Gasteiger partial charge in [0, 0.05) is 50.0 Å². The van der Waals surface area contributed by atoms with Crippen molar-refractivity contribution in [2.24, 2.45) is 0 Å². The summed E-state index contributed by atoms with van der Waals surface area (Å²) in [5, 5.41) is 0. The van der Waals surface area contributed by atoms with E-state index >= 15 is 0 Å². The minimum Gasteiger partial charge on any atom is -0.368 e. The first-order valence-electron chi connectivity index (χ1n) is 6.70. The average Bonchev–Trinajstić information content (AvgIpc) is 2.49. The van der Waals surface area contributed by atoms with Crippen LogP contribution in [0.5, 0.6) is 0 Å². The smallest absolute Gasteiger partial charge is 0.0398 e. The van der Waals surface area contributed by atoms with Crippen LogP contribution in [-0.4, -0.2) is 36.1 Å². The topological polar surface area (TPSA) is 19.4 Å². The molecule has 1 aromatic rings. The summed E-state index contributed by atoms with van der Waals surface area (Å²) < 4.78 is 0. The number of pyridine rings is 1. The van der Waals surface area contributed by atoms with E-state index in [-0.39, 0.29) is 0 Å². The van der Waals surface area contributed by atoms with E-state index in [0.717, 1.165) is 26.2 Å². The first-order valence-corrected chi connectivity index (χ1v) is 6.70. The van der Waals surface area contributed by atoms with Gasteiger partial charge in [-0.05, 0) is 31.1 Å². The summed E-state index contributed by atoms with van der Waals surface area (Å²) in [4.78, 5) is 9.00. The fraction of sp³-hybridized carbons (Fsp3) is 0.400. The van der Waals surface area contributed by atoms with Crippen LogP contribution in [-0.2, 0) is 0 Å². The zero-order valence-electron chi connectivity index (χ0n) is 10.6. The number of nitrogens with zero attached hydrogens (tertiary/aromatic N) is 3. The Morgan fingerprint density at radius 2 is 1.61 bits per heavy atom. The van der Waals surface area contributed by atoms with Gasteiger partial charge >= 0.3 is 0 Å². The van der Waals surface area contributed by atoms with Crippen LogP contribution >= 0.6 is 0 Å². The number of piperazine rings is 1. The van der Waals surface area contributed by atoms with Gasteiger partial charge in [0.1, 0.15) is 0 Å². The Bertz CT molecular complexity index is 442. The van der Waals surface area contributed by atoms with Crippen molar-refractivity contribution in [3.8, 4) is 0 Å². The van der Waals surface area contributed by atoms with Crippen molar-refractivity contribution in [3.05, 3.63) is 48.5 Å². The molecule has 2 heterocycles. The largest absolute Gasteiger partial charge is 0.368 e. The van der Waals surface area contributed by atoms with Gasteiger partial charge in [-0.1, -0.05) is 12.2 Å². The van der Waals surface area contributed by atoms with Gasteiger partial charge in [0.2, 0.25) is 0 Å². The third kappa shape index (κ3) is 2.40. The number of anilines is 1. The molecule has 1 aliphatic carbocycles. The van der Waals surface area contributed by atoms with E-state index < -0.39 is 0 Å². The lowest BCUT2D eigenvalue weighted by atomic mass is 10.1. The lowest BCUT2D eigenvalue weighted by molar-refractivity contribution is 0.328. The molecule has 1 fully saturated rings. The fourth-order valence-corrected chi connectivity index (χ4v) is 2.61. The molecule has 0 aromatic carbocycles. The summed E-state index contributed by atoms with van der Waals surface area (Å²) in [7, 11) is 0. The molecule has 0 atom stereocenters. The molecule has 0 amide bonds. The summed E-state index contributed by atoms with van der Waals surface area (Å²) >= 11 is 0. The second kappa shape index (κ2) is 5.25. The van der Waals surface area contributed by atoms with Crippen molar-refractivity contribution in [1.82, 2.24) is 9.88 Å². The van der Waals surface area contributed by atoms with Crippen LogP contribution in [0.1, 0.15) is 12.8 Å². The van der Waals surface area contributed by atoms with E-state index in [2.05, 4.69) is 45.1 Å². The molecule has 0 N–H and O–H groups in total. The minimum atomic E-state index is 1.09. The number of allylic oxidation sites excluding steroid dienone is 3. The van der Waals surface area contributed by atoms with Crippen molar-refractivity contribution in [2.45, 2.75) is 12.8 Å². The SMILES string of the molecule is C1=CC(N2CCN(c3ccncc3)CC2)=CCC1. The van der Waals surface area contributed by atoms with Gasteiger partial charge in [-0.2, -0.15) is 0 Å². The Labute approximate surface area is 108 Å². The maximum absolute atomic E-state index is 4.07. The summed E-state index contributed by atoms with van der Waals surface area (Å²) in [6.07, 6.45) is 13.0. The monoisotopic (exact) mass is 241 g/mol. The van der Waals surface area contributed by atoms with Crippen molar-refractivity contribution < 1.29 is 0 Å². The molecular formula is C15H19N3. The molecule has 1 aliphatic heterocycles. The highest BCUT2D eigenvalue weighted by Gasteiger charge is 2.18. The van der Waals surface area contributed by atoms with Gasteiger partial charge in [-0.3, -0.25) is 4.98 Å². The van der Waals surface area contributed by atoms with Crippen LogP contribution < -0.4 is 4.90 Å². The van der Waals surface area contributed by atoms with Crippen molar-refractivity contribution in [3.63, 3.8) is 0 Å². The van der Waals surface area contributed by atoms with Crippen molar-refractivity contribution in [2.75, 3.05) is 31.1 Å². The minimum absolute atomic E-state index is 1.09. The van der Waals surface area contributed by atoms with E-state index in [1.807, 2.05) is 12.4 Å². The first kappa shape index (κ1) is 11.3. The lowest BCUT2D eigenvalue weighted by Crippen LogP contribution is -2.45. The lowest BCUT2D eigenvalue weighted by Gasteiger charge is -2.38. The second-order valence-electron chi connectivity index (χ2n) is 4.79. The molecule has 0 spiro atoms. The molecular weight excluding hydrogens is 222 g/mol. The maximum Gasteiger partial charge on any atom is 0.0398 e. The fourth-order valence-electron chi connectivity index (χ4n) is 2.61. The third-order valence-corrected chi connectivity index (χ3v) is 3.65. The Morgan fingerprint density at radius 1 is 0.889 bits per heavy atom. The molecule has 3 nitrogen and oxygen atoms in total. The first-order chi connectivity index (χ1) is 8.93. The summed E-state index contributed by atoms with van der Waals surface area (Å²) in [6.45, 7) is 4.40. The van der Waals surface area contributed by atoms with Gasteiger partial charge in [-0.25, -0.2) is 0 Å². The van der Waals surface area contributed by atoms with Crippen molar-refractivity contribution in [1.29, 1.82) is 0 Å². The predicted molar refractivity (Wildman–Crippen MR) is 74.5 cm³/mol. The zero-order valence-corrected chi connectivity index (χ0v) is 10.6. The quantitative estimate of drug-likeness (QED) is 0.793. The Hall–Kier alpha value is -1.77. The average molecular weight is 241 g/mol. The van der Waals surface area contributed by atoms with E-state index in [1.54, 1.807) is 0 Å². The van der Waals surface area contributed by atoms with Crippen LogP contribution in [0.3, 0.4) is 0 Å². The Morgan fingerprint density at radius 3 is 2.28 bits per heavy atom. The van der Waals surface area contributed by atoms with E-state index in [9.17, 15) is 0 Å². The van der Waals surface area contributed by atoms with Gasteiger partial charge < -0.3 is 9.80 Å². The Kier molecular flexibility index (Phi) is 3.31. The Balaban J connectivity index is 1.61. The molecule has 0 unspecified atom stereocenters. The molecule has 0 bridgehead atoms. The van der Waals surface area contributed by atoms with Crippen LogP contribution in [0.2, 0.25) is 0 Å². The highest BCUT2D eigenvalue weighted by molar-refractivity contribution is 5.45.